The minimum Gasteiger partial charge on any atom is -0.379 e. The highest BCUT2D eigenvalue weighted by Crippen LogP contribution is 2.36. The highest BCUT2D eigenvalue weighted by atomic mass is 16.5. The van der Waals surface area contributed by atoms with E-state index in [4.69, 9.17) is 10.5 Å². The predicted molar refractivity (Wildman–Crippen MR) is 77.2 cm³/mol. The molecule has 1 amide bonds. The van der Waals surface area contributed by atoms with Gasteiger partial charge in [-0.05, 0) is 24.7 Å². The lowest BCUT2D eigenvalue weighted by Crippen LogP contribution is -2.53. The summed E-state index contributed by atoms with van der Waals surface area (Å²) < 4.78 is 5.36. The molecule has 5 nitrogen and oxygen atoms in total. The van der Waals surface area contributed by atoms with Crippen molar-refractivity contribution in [3.05, 3.63) is 0 Å². The molecule has 0 aromatic rings. The molecule has 1 aliphatic carbocycles. The van der Waals surface area contributed by atoms with Gasteiger partial charge in [0.2, 0.25) is 5.91 Å². The van der Waals surface area contributed by atoms with Crippen molar-refractivity contribution in [2.45, 2.75) is 25.8 Å². The Bertz CT molecular complexity index is 343. The first-order valence-electron chi connectivity index (χ1n) is 7.99. The van der Waals surface area contributed by atoms with Gasteiger partial charge in [0.25, 0.3) is 0 Å². The first-order valence-corrected chi connectivity index (χ1v) is 7.99. The van der Waals surface area contributed by atoms with E-state index >= 15 is 0 Å². The lowest BCUT2D eigenvalue weighted by Gasteiger charge is -2.38. The average Bonchev–Trinajstić information content (AvgIpc) is 2.68. The monoisotopic (exact) mass is 281 g/mol. The summed E-state index contributed by atoms with van der Waals surface area (Å²) in [6, 6.07) is 0.327. The maximum absolute atomic E-state index is 12.6. The van der Waals surface area contributed by atoms with Crippen LogP contribution in [0.4, 0.5) is 0 Å². The second kappa shape index (κ2) is 6.00. The number of likely N-dealkylation sites (tertiary alicyclic amines) is 1. The van der Waals surface area contributed by atoms with Gasteiger partial charge in [-0.25, -0.2) is 0 Å². The van der Waals surface area contributed by atoms with E-state index in [9.17, 15) is 4.79 Å². The summed E-state index contributed by atoms with van der Waals surface area (Å²) in [5.41, 5.74) is 6.21. The fourth-order valence-electron chi connectivity index (χ4n) is 4.01. The van der Waals surface area contributed by atoms with Crippen molar-refractivity contribution in [1.82, 2.24) is 9.80 Å². The minimum atomic E-state index is 0.0850. The van der Waals surface area contributed by atoms with Crippen LogP contribution < -0.4 is 5.73 Å². The molecule has 3 rings (SSSR count). The Morgan fingerprint density at radius 1 is 1.25 bits per heavy atom. The van der Waals surface area contributed by atoms with Crippen LogP contribution in [0, 0.1) is 17.8 Å². The van der Waals surface area contributed by atoms with Gasteiger partial charge in [-0.2, -0.15) is 0 Å². The van der Waals surface area contributed by atoms with Crippen LogP contribution >= 0.6 is 0 Å². The number of nitrogens with two attached hydrogens (primary N) is 1. The Morgan fingerprint density at radius 3 is 2.45 bits per heavy atom. The zero-order valence-corrected chi connectivity index (χ0v) is 12.5. The predicted octanol–water partition coefficient (Wildman–Crippen LogP) is 0.150. The highest BCUT2D eigenvalue weighted by Gasteiger charge is 2.41. The Kier molecular flexibility index (Phi) is 4.29. The standard InChI is InChI=1S/C15H27N3O2/c1-11(8-17-4-6-20-7-5-17)15(19)18-9-12-2-3-13(10-18)14(12)16/h11-14H,2-10,16H2,1H3/t11?,12-,13+,14?. The molecule has 2 N–H and O–H groups in total. The summed E-state index contributed by atoms with van der Waals surface area (Å²) >= 11 is 0. The molecule has 2 unspecified atom stereocenters. The van der Waals surface area contributed by atoms with Crippen LogP contribution in [0.2, 0.25) is 0 Å². The number of amides is 1. The van der Waals surface area contributed by atoms with Crippen LogP contribution in [0.25, 0.3) is 0 Å². The van der Waals surface area contributed by atoms with Gasteiger partial charge in [-0.15, -0.1) is 0 Å². The van der Waals surface area contributed by atoms with Gasteiger partial charge in [0.1, 0.15) is 0 Å². The number of rotatable bonds is 3. The second-order valence-electron chi connectivity index (χ2n) is 6.73. The zero-order chi connectivity index (χ0) is 14.1. The van der Waals surface area contributed by atoms with Crippen LogP contribution in [0.3, 0.4) is 0 Å². The molecule has 3 aliphatic rings. The number of carbonyl (C=O) groups is 1. The molecule has 20 heavy (non-hydrogen) atoms. The van der Waals surface area contributed by atoms with Crippen LogP contribution in [0.15, 0.2) is 0 Å². The fourth-order valence-corrected chi connectivity index (χ4v) is 4.01. The highest BCUT2D eigenvalue weighted by molar-refractivity contribution is 5.79. The van der Waals surface area contributed by atoms with E-state index in [1.807, 2.05) is 0 Å². The van der Waals surface area contributed by atoms with Gasteiger partial charge in [0, 0.05) is 44.7 Å². The van der Waals surface area contributed by atoms with Gasteiger partial charge in [-0.3, -0.25) is 9.69 Å². The van der Waals surface area contributed by atoms with Gasteiger partial charge < -0.3 is 15.4 Å². The number of fused-ring (bicyclic) bond motifs is 2. The van der Waals surface area contributed by atoms with Crippen LogP contribution in [-0.4, -0.2) is 67.7 Å². The lowest BCUT2D eigenvalue weighted by molar-refractivity contribution is -0.138. The second-order valence-corrected chi connectivity index (χ2v) is 6.73. The molecule has 0 spiro atoms. The fraction of sp³-hybridized carbons (Fsp3) is 0.933. The quantitative estimate of drug-likeness (QED) is 0.800. The molecule has 0 aromatic heterocycles. The van der Waals surface area contributed by atoms with Crippen molar-refractivity contribution < 1.29 is 9.53 Å². The smallest absolute Gasteiger partial charge is 0.226 e. The first kappa shape index (κ1) is 14.3. The molecule has 2 saturated heterocycles. The molecule has 1 saturated carbocycles. The van der Waals surface area contributed by atoms with Crippen LogP contribution in [-0.2, 0) is 9.53 Å². The van der Waals surface area contributed by atoms with E-state index in [0.29, 0.717) is 23.8 Å². The molecule has 5 heteroatoms. The first-order chi connectivity index (χ1) is 9.65. The average molecular weight is 281 g/mol. The maximum atomic E-state index is 12.6. The summed E-state index contributed by atoms with van der Waals surface area (Å²) in [7, 11) is 0. The summed E-state index contributed by atoms with van der Waals surface area (Å²) in [5.74, 6) is 1.48. The number of nitrogens with zero attached hydrogens (tertiary/aromatic N) is 2. The largest absolute Gasteiger partial charge is 0.379 e. The third kappa shape index (κ3) is 2.85. The van der Waals surface area contributed by atoms with Crippen molar-refractivity contribution in [2.75, 3.05) is 45.9 Å². The van der Waals surface area contributed by atoms with Gasteiger partial charge in [-0.1, -0.05) is 6.92 Å². The number of piperidine rings is 1. The third-order valence-electron chi connectivity index (χ3n) is 5.28. The Balaban J connectivity index is 1.53. The normalized spacial score (nSPS) is 36.1. The number of hydrogen-bond donors (Lipinski definition) is 1. The van der Waals surface area contributed by atoms with E-state index in [0.717, 1.165) is 45.9 Å². The molecule has 0 aromatic carbocycles. The Morgan fingerprint density at radius 2 is 1.85 bits per heavy atom. The minimum absolute atomic E-state index is 0.0850. The number of hydrogen-bond acceptors (Lipinski definition) is 4. The molecular weight excluding hydrogens is 254 g/mol. The van der Waals surface area contributed by atoms with Gasteiger partial charge in [0.05, 0.1) is 13.2 Å². The van der Waals surface area contributed by atoms with Crippen molar-refractivity contribution in [3.63, 3.8) is 0 Å². The van der Waals surface area contributed by atoms with Gasteiger partial charge >= 0.3 is 0 Å². The van der Waals surface area contributed by atoms with E-state index in [1.54, 1.807) is 0 Å². The van der Waals surface area contributed by atoms with Gasteiger partial charge in [0.15, 0.2) is 0 Å². The number of morpholine rings is 1. The summed E-state index contributed by atoms with van der Waals surface area (Å²) in [6.07, 6.45) is 2.40. The summed E-state index contributed by atoms with van der Waals surface area (Å²) in [5, 5.41) is 0. The molecular formula is C15H27N3O2. The van der Waals surface area contributed by atoms with E-state index < -0.39 is 0 Å². The summed E-state index contributed by atoms with van der Waals surface area (Å²) in [6.45, 7) is 8.18. The SMILES string of the molecule is CC(CN1CCOCC1)C(=O)N1C[C@H]2CC[C@@H](C1)C2N. The van der Waals surface area contributed by atoms with Crippen molar-refractivity contribution >= 4 is 5.91 Å². The summed E-state index contributed by atoms with van der Waals surface area (Å²) in [4.78, 5) is 17.0. The molecule has 2 bridgehead atoms. The molecule has 3 fully saturated rings. The molecule has 2 heterocycles. The molecule has 4 atom stereocenters. The third-order valence-corrected chi connectivity index (χ3v) is 5.28. The van der Waals surface area contributed by atoms with Crippen LogP contribution in [0.1, 0.15) is 19.8 Å². The Labute approximate surface area is 121 Å². The molecule has 2 aliphatic heterocycles. The number of ether oxygens (including phenoxy) is 1. The lowest BCUT2D eigenvalue weighted by atomic mass is 9.92. The van der Waals surface area contributed by atoms with E-state index in [1.165, 1.54) is 12.8 Å². The van der Waals surface area contributed by atoms with Crippen LogP contribution in [0.5, 0.6) is 0 Å². The molecule has 0 radical (unpaired) electrons. The number of carbonyl (C=O) groups excluding carboxylic acids is 1. The van der Waals surface area contributed by atoms with Crippen molar-refractivity contribution in [1.29, 1.82) is 0 Å². The van der Waals surface area contributed by atoms with Crippen molar-refractivity contribution in [2.24, 2.45) is 23.5 Å². The van der Waals surface area contributed by atoms with E-state index in [2.05, 4.69) is 16.7 Å². The Hall–Kier alpha value is -0.650. The maximum Gasteiger partial charge on any atom is 0.226 e. The van der Waals surface area contributed by atoms with Crippen molar-refractivity contribution in [3.8, 4) is 0 Å². The topological polar surface area (TPSA) is 58.8 Å². The molecule has 114 valence electrons. The van der Waals surface area contributed by atoms with E-state index in [-0.39, 0.29) is 5.92 Å². The zero-order valence-electron chi connectivity index (χ0n) is 12.5.